The van der Waals surface area contributed by atoms with Crippen LogP contribution in [0, 0.1) is 12.3 Å². The summed E-state index contributed by atoms with van der Waals surface area (Å²) < 4.78 is 10.6. The summed E-state index contributed by atoms with van der Waals surface area (Å²) in [7, 11) is 1.49. The molecule has 0 N–H and O–H groups in total. The van der Waals surface area contributed by atoms with Crippen molar-refractivity contribution in [3.05, 3.63) is 58.0 Å². The zero-order valence-corrected chi connectivity index (χ0v) is 15.8. The predicted molar refractivity (Wildman–Crippen MR) is 107 cm³/mol. The maximum atomic E-state index is 12.8. The van der Waals surface area contributed by atoms with Crippen LogP contribution in [0.1, 0.15) is 5.56 Å². The minimum absolute atomic E-state index is 0.108. The van der Waals surface area contributed by atoms with Gasteiger partial charge in [0.25, 0.3) is 11.1 Å². The van der Waals surface area contributed by atoms with Crippen LogP contribution in [0.15, 0.2) is 47.4 Å². The molecule has 2 aromatic rings. The molecule has 1 aliphatic rings. The average Bonchev–Trinajstić information content (AvgIpc) is 2.94. The maximum Gasteiger partial charge on any atom is 0.298 e. The van der Waals surface area contributed by atoms with Crippen molar-refractivity contribution in [2.45, 2.75) is 0 Å². The molecule has 136 valence electrons. The van der Waals surface area contributed by atoms with Gasteiger partial charge in [0.2, 0.25) is 0 Å². The lowest BCUT2D eigenvalue weighted by molar-refractivity contribution is -0.113. The summed E-state index contributed by atoms with van der Waals surface area (Å²) in [4.78, 5) is 26.6. The van der Waals surface area contributed by atoms with Gasteiger partial charge < -0.3 is 9.47 Å². The molecule has 0 aliphatic carbocycles. The van der Waals surface area contributed by atoms with Gasteiger partial charge in [-0.25, -0.2) is 4.90 Å². The Labute approximate surface area is 165 Å². The molecule has 27 heavy (non-hydrogen) atoms. The number of halogens is 1. The predicted octanol–water partition coefficient (Wildman–Crippen LogP) is 4.60. The van der Waals surface area contributed by atoms with E-state index in [0.29, 0.717) is 32.7 Å². The molecule has 7 heteroatoms. The molecule has 0 unspecified atom stereocenters. The molecule has 1 fully saturated rings. The number of para-hydroxylation sites is 2. The van der Waals surface area contributed by atoms with E-state index in [-0.39, 0.29) is 6.61 Å². The van der Waals surface area contributed by atoms with Crippen molar-refractivity contribution in [1.82, 2.24) is 0 Å². The number of carbonyl (C=O) groups is 2. The topological polar surface area (TPSA) is 55.8 Å². The van der Waals surface area contributed by atoms with E-state index >= 15 is 0 Å². The largest absolute Gasteiger partial charge is 0.495 e. The first-order valence-corrected chi connectivity index (χ1v) is 9.01. The van der Waals surface area contributed by atoms with Gasteiger partial charge >= 0.3 is 0 Å². The van der Waals surface area contributed by atoms with E-state index in [1.54, 1.807) is 48.5 Å². The molecule has 0 saturated carbocycles. The standard InChI is InChI=1S/C20H14ClNO4S/c1-3-10-26-16-9-8-13(11-14(16)21)12-18-19(23)22(20(24)27-18)15-6-4-5-7-17(15)25-2/h1,4-9,11-12H,10H2,2H3/b18-12-. The van der Waals surface area contributed by atoms with Gasteiger partial charge in [-0.05, 0) is 47.7 Å². The van der Waals surface area contributed by atoms with Crippen molar-refractivity contribution >= 4 is 46.3 Å². The Kier molecular flexibility index (Phi) is 5.75. The van der Waals surface area contributed by atoms with Gasteiger partial charge in [-0.2, -0.15) is 0 Å². The molecule has 3 rings (SSSR count). The summed E-state index contributed by atoms with van der Waals surface area (Å²) in [6.45, 7) is 0.108. The Bertz CT molecular complexity index is 980. The van der Waals surface area contributed by atoms with E-state index in [2.05, 4.69) is 5.92 Å². The van der Waals surface area contributed by atoms with Crippen LogP contribution in [0.4, 0.5) is 10.5 Å². The first-order valence-electron chi connectivity index (χ1n) is 7.82. The summed E-state index contributed by atoms with van der Waals surface area (Å²) in [5.41, 5.74) is 1.07. The van der Waals surface area contributed by atoms with E-state index in [1.165, 1.54) is 7.11 Å². The van der Waals surface area contributed by atoms with E-state index in [1.807, 2.05) is 0 Å². The summed E-state index contributed by atoms with van der Waals surface area (Å²) in [5, 5.41) is -0.0289. The second-order valence-electron chi connectivity index (χ2n) is 5.37. The molecule has 0 aromatic heterocycles. The van der Waals surface area contributed by atoms with Crippen molar-refractivity contribution in [2.24, 2.45) is 0 Å². The van der Waals surface area contributed by atoms with E-state index in [9.17, 15) is 9.59 Å². The van der Waals surface area contributed by atoms with E-state index < -0.39 is 11.1 Å². The van der Waals surface area contributed by atoms with Crippen LogP contribution in [0.25, 0.3) is 6.08 Å². The molecule has 2 aromatic carbocycles. The summed E-state index contributed by atoms with van der Waals surface area (Å²) in [6.07, 6.45) is 6.77. The number of rotatable bonds is 5. The highest BCUT2D eigenvalue weighted by molar-refractivity contribution is 8.19. The minimum atomic E-state index is -0.418. The van der Waals surface area contributed by atoms with Gasteiger partial charge in [-0.3, -0.25) is 9.59 Å². The number of nitrogens with zero attached hydrogens (tertiary/aromatic N) is 1. The Hall–Kier alpha value is -2.88. The fourth-order valence-corrected chi connectivity index (χ4v) is 3.56. The Morgan fingerprint density at radius 3 is 2.70 bits per heavy atom. The third kappa shape index (κ3) is 3.95. The summed E-state index contributed by atoms with van der Waals surface area (Å²) in [6, 6.07) is 11.9. The number of amides is 2. The number of anilines is 1. The van der Waals surface area contributed by atoms with Crippen LogP contribution in [0.5, 0.6) is 11.5 Å². The SMILES string of the molecule is C#CCOc1ccc(/C=C2\SC(=O)N(c3ccccc3OC)C2=O)cc1Cl. The normalized spacial score (nSPS) is 15.1. The third-order valence-corrected chi connectivity index (χ3v) is 4.85. The van der Waals surface area contributed by atoms with Crippen LogP contribution in [0.2, 0.25) is 5.02 Å². The number of methoxy groups -OCH3 is 1. The smallest absolute Gasteiger partial charge is 0.298 e. The highest BCUT2D eigenvalue weighted by Gasteiger charge is 2.37. The second kappa shape index (κ2) is 8.21. The molecule has 2 amide bonds. The van der Waals surface area contributed by atoms with Crippen LogP contribution in [0.3, 0.4) is 0 Å². The first kappa shape index (κ1) is 18.9. The Morgan fingerprint density at radius 1 is 1.22 bits per heavy atom. The van der Waals surface area contributed by atoms with E-state index in [4.69, 9.17) is 27.5 Å². The molecular formula is C20H14ClNO4S. The molecule has 5 nitrogen and oxygen atoms in total. The molecule has 0 atom stereocenters. The van der Waals surface area contributed by atoms with Crippen molar-refractivity contribution in [3.8, 4) is 23.8 Å². The number of thioether (sulfide) groups is 1. The monoisotopic (exact) mass is 399 g/mol. The maximum absolute atomic E-state index is 12.8. The highest BCUT2D eigenvalue weighted by Crippen LogP contribution is 2.39. The van der Waals surface area contributed by atoms with Gasteiger partial charge in [-0.1, -0.05) is 35.7 Å². The van der Waals surface area contributed by atoms with Gasteiger partial charge in [0.1, 0.15) is 18.1 Å². The van der Waals surface area contributed by atoms with Crippen LogP contribution >= 0.6 is 23.4 Å². The fourth-order valence-electron chi connectivity index (χ4n) is 2.48. The average molecular weight is 400 g/mol. The minimum Gasteiger partial charge on any atom is -0.495 e. The number of imide groups is 1. The fraction of sp³-hybridized carbons (Fsp3) is 0.100. The molecule has 1 heterocycles. The lowest BCUT2D eigenvalue weighted by Gasteiger charge is -2.15. The molecule has 1 saturated heterocycles. The van der Waals surface area contributed by atoms with Crippen molar-refractivity contribution in [1.29, 1.82) is 0 Å². The summed E-state index contributed by atoms with van der Waals surface area (Å²) in [5.74, 6) is 2.84. The lowest BCUT2D eigenvalue weighted by atomic mass is 10.2. The number of hydrogen-bond acceptors (Lipinski definition) is 5. The van der Waals surface area contributed by atoms with Crippen molar-refractivity contribution in [2.75, 3.05) is 18.6 Å². The third-order valence-electron chi connectivity index (χ3n) is 3.68. The summed E-state index contributed by atoms with van der Waals surface area (Å²) >= 11 is 7.03. The first-order chi connectivity index (χ1) is 13.0. The molecule has 0 radical (unpaired) electrons. The van der Waals surface area contributed by atoms with Gasteiger partial charge in [0, 0.05) is 0 Å². The van der Waals surface area contributed by atoms with Gasteiger partial charge in [0.05, 0.1) is 22.7 Å². The zero-order chi connectivity index (χ0) is 19.4. The molecular weight excluding hydrogens is 386 g/mol. The number of carbonyl (C=O) groups excluding carboxylic acids is 2. The van der Waals surface area contributed by atoms with Crippen molar-refractivity contribution < 1.29 is 19.1 Å². The number of terminal acetylenes is 1. The van der Waals surface area contributed by atoms with Gasteiger partial charge in [-0.15, -0.1) is 6.42 Å². The van der Waals surface area contributed by atoms with Crippen LogP contribution < -0.4 is 14.4 Å². The quantitative estimate of drug-likeness (QED) is 0.543. The van der Waals surface area contributed by atoms with Crippen LogP contribution in [-0.2, 0) is 4.79 Å². The van der Waals surface area contributed by atoms with Crippen molar-refractivity contribution in [3.63, 3.8) is 0 Å². The lowest BCUT2D eigenvalue weighted by Crippen LogP contribution is -2.28. The number of hydrogen-bond donors (Lipinski definition) is 0. The second-order valence-corrected chi connectivity index (χ2v) is 6.77. The highest BCUT2D eigenvalue weighted by atomic mass is 35.5. The van der Waals surface area contributed by atoms with Crippen LogP contribution in [-0.4, -0.2) is 24.9 Å². The molecule has 0 bridgehead atoms. The molecule has 0 spiro atoms. The Morgan fingerprint density at radius 2 is 2.00 bits per heavy atom. The van der Waals surface area contributed by atoms with Gasteiger partial charge in [0.15, 0.2) is 0 Å². The molecule has 1 aliphatic heterocycles. The Balaban J connectivity index is 1.89. The van der Waals surface area contributed by atoms with E-state index in [0.717, 1.165) is 16.7 Å². The number of ether oxygens (including phenoxy) is 2. The number of benzene rings is 2. The zero-order valence-electron chi connectivity index (χ0n) is 14.3.